The van der Waals surface area contributed by atoms with Crippen LogP contribution in [0.15, 0.2) is 48.5 Å². The van der Waals surface area contributed by atoms with Crippen LogP contribution in [0.5, 0.6) is 0 Å². The van der Waals surface area contributed by atoms with Crippen LogP contribution in [0.1, 0.15) is 68.9 Å². The van der Waals surface area contributed by atoms with Crippen molar-refractivity contribution in [1.82, 2.24) is 10.2 Å². The van der Waals surface area contributed by atoms with Gasteiger partial charge in [0, 0.05) is 12.0 Å². The van der Waals surface area contributed by atoms with Gasteiger partial charge >= 0.3 is 12.1 Å². The quantitative estimate of drug-likeness (QED) is 0.576. The number of carboxylic acid groups (broad SMARTS) is 1. The zero-order valence-corrected chi connectivity index (χ0v) is 20.0. The van der Waals surface area contributed by atoms with Gasteiger partial charge in [0.15, 0.2) is 0 Å². The molecule has 7 heteroatoms. The Kier molecular flexibility index (Phi) is 6.26. The summed E-state index contributed by atoms with van der Waals surface area (Å²) in [6.45, 7) is 2.15. The van der Waals surface area contributed by atoms with E-state index in [0.717, 1.165) is 35.1 Å². The van der Waals surface area contributed by atoms with Crippen molar-refractivity contribution in [2.24, 2.45) is 0 Å². The Morgan fingerprint density at radius 2 is 1.66 bits per heavy atom. The van der Waals surface area contributed by atoms with E-state index in [1.165, 1.54) is 0 Å². The van der Waals surface area contributed by atoms with Gasteiger partial charge in [-0.25, -0.2) is 4.79 Å². The van der Waals surface area contributed by atoms with E-state index in [9.17, 15) is 19.5 Å². The van der Waals surface area contributed by atoms with E-state index < -0.39 is 23.6 Å². The molecule has 2 saturated heterocycles. The molecule has 1 atom stereocenters. The van der Waals surface area contributed by atoms with Crippen molar-refractivity contribution in [3.63, 3.8) is 0 Å². The fourth-order valence-corrected chi connectivity index (χ4v) is 6.48. The van der Waals surface area contributed by atoms with Gasteiger partial charge in [-0.05, 0) is 54.4 Å². The Morgan fingerprint density at radius 1 is 1.06 bits per heavy atom. The fraction of sp³-hybridized carbons (Fsp3) is 0.464. The molecule has 2 heterocycles. The van der Waals surface area contributed by atoms with Gasteiger partial charge in [-0.3, -0.25) is 9.59 Å². The summed E-state index contributed by atoms with van der Waals surface area (Å²) >= 11 is 0. The maximum absolute atomic E-state index is 13.6. The van der Waals surface area contributed by atoms with Gasteiger partial charge in [-0.2, -0.15) is 0 Å². The van der Waals surface area contributed by atoms with Crippen molar-refractivity contribution >= 4 is 18.0 Å². The number of hydrogen-bond acceptors (Lipinski definition) is 4. The summed E-state index contributed by atoms with van der Waals surface area (Å²) in [6, 6.07) is 15.6. The molecule has 2 N–H and O–H groups in total. The standard InChI is InChI=1S/C28H32N2O5/c1-2-7-24(26(33)30-18-12-14-28(30,15-13-18)16-25(31)32)29-27(34)35-17-23-21-10-5-3-8-19(21)20-9-4-6-11-22(20)23/h3-6,8-11,18,23-24H,2,7,12-17H2,1H3,(H,29,34)(H,31,32)/t18?,24-,28?/m0/s1. The van der Waals surface area contributed by atoms with Crippen LogP contribution < -0.4 is 5.32 Å². The fourth-order valence-electron chi connectivity index (χ4n) is 6.48. The second-order valence-electron chi connectivity index (χ2n) is 10.0. The molecule has 2 aliphatic heterocycles. The molecular formula is C28H32N2O5. The highest BCUT2D eigenvalue weighted by atomic mass is 16.5. The summed E-state index contributed by atoms with van der Waals surface area (Å²) in [6.07, 6.45) is 3.60. The first-order valence-corrected chi connectivity index (χ1v) is 12.6. The van der Waals surface area contributed by atoms with Crippen molar-refractivity contribution in [2.45, 2.75) is 75.4 Å². The minimum Gasteiger partial charge on any atom is -0.481 e. The van der Waals surface area contributed by atoms with Gasteiger partial charge in [0.25, 0.3) is 0 Å². The lowest BCUT2D eigenvalue weighted by Gasteiger charge is -2.36. The maximum atomic E-state index is 13.6. The lowest BCUT2D eigenvalue weighted by Crippen LogP contribution is -2.55. The molecule has 2 aromatic rings. The number of alkyl carbamates (subject to hydrolysis) is 1. The zero-order chi connectivity index (χ0) is 24.6. The van der Waals surface area contributed by atoms with Gasteiger partial charge in [0.1, 0.15) is 12.6 Å². The van der Waals surface area contributed by atoms with Crippen molar-refractivity contribution in [2.75, 3.05) is 6.61 Å². The molecule has 0 aromatic heterocycles. The van der Waals surface area contributed by atoms with E-state index in [0.29, 0.717) is 25.7 Å². The van der Waals surface area contributed by atoms with Crippen molar-refractivity contribution < 1.29 is 24.2 Å². The lowest BCUT2D eigenvalue weighted by atomic mass is 9.85. The number of carboxylic acids is 1. The molecule has 7 nitrogen and oxygen atoms in total. The number of aliphatic carboxylic acids is 1. The smallest absolute Gasteiger partial charge is 0.407 e. The number of carbonyl (C=O) groups is 3. The first kappa shape index (κ1) is 23.4. The minimum absolute atomic E-state index is 0.0426. The number of ether oxygens (including phenoxy) is 1. The van der Waals surface area contributed by atoms with Crippen LogP contribution >= 0.6 is 0 Å². The third-order valence-corrected chi connectivity index (χ3v) is 7.99. The number of carbonyl (C=O) groups excluding carboxylic acids is 2. The van der Waals surface area contributed by atoms with Crippen LogP contribution in [-0.4, -0.2) is 52.2 Å². The Bertz CT molecular complexity index is 1090. The minimum atomic E-state index is -0.887. The van der Waals surface area contributed by atoms with Gasteiger partial charge in [-0.15, -0.1) is 0 Å². The molecule has 0 unspecified atom stereocenters. The largest absolute Gasteiger partial charge is 0.481 e. The Balaban J connectivity index is 1.27. The van der Waals surface area contributed by atoms with Crippen LogP contribution in [-0.2, 0) is 14.3 Å². The third-order valence-electron chi connectivity index (χ3n) is 7.99. The Labute approximate surface area is 205 Å². The van der Waals surface area contributed by atoms with E-state index in [1.54, 1.807) is 4.90 Å². The van der Waals surface area contributed by atoms with Gasteiger partial charge in [0.2, 0.25) is 5.91 Å². The summed E-state index contributed by atoms with van der Waals surface area (Å²) < 4.78 is 5.67. The first-order valence-electron chi connectivity index (χ1n) is 12.6. The summed E-state index contributed by atoms with van der Waals surface area (Å²) in [4.78, 5) is 39.8. The first-order chi connectivity index (χ1) is 16.9. The van der Waals surface area contributed by atoms with Crippen molar-refractivity contribution in [3.8, 4) is 11.1 Å². The highest BCUT2D eigenvalue weighted by Gasteiger charge is 2.55. The monoisotopic (exact) mass is 476 g/mol. The second-order valence-corrected chi connectivity index (χ2v) is 10.0. The van der Waals surface area contributed by atoms with Crippen LogP contribution in [0.3, 0.4) is 0 Å². The predicted octanol–water partition coefficient (Wildman–Crippen LogP) is 4.69. The molecule has 1 aliphatic carbocycles. The SMILES string of the molecule is CCC[C@H](NC(=O)OCC1c2ccccc2-c2ccccc21)C(=O)N1C2CCC1(CC(=O)O)CC2. The Morgan fingerprint density at radius 3 is 2.23 bits per heavy atom. The normalized spacial score (nSPS) is 23.0. The van der Waals surface area contributed by atoms with Crippen molar-refractivity contribution in [1.29, 1.82) is 0 Å². The number of nitrogens with zero attached hydrogens (tertiary/aromatic N) is 1. The average Bonchev–Trinajstić information content (AvgIpc) is 3.48. The third kappa shape index (κ3) is 4.17. The molecule has 0 radical (unpaired) electrons. The van der Waals surface area contributed by atoms with Crippen LogP contribution in [0, 0.1) is 0 Å². The molecule has 5 rings (SSSR count). The highest BCUT2D eigenvalue weighted by Crippen LogP contribution is 2.49. The maximum Gasteiger partial charge on any atom is 0.407 e. The van der Waals surface area contributed by atoms with E-state index in [4.69, 9.17) is 4.74 Å². The van der Waals surface area contributed by atoms with Gasteiger partial charge in [-0.1, -0.05) is 61.9 Å². The Hall–Kier alpha value is -3.35. The average molecular weight is 477 g/mol. The van der Waals surface area contributed by atoms with E-state index in [1.807, 2.05) is 31.2 Å². The molecule has 2 amide bonds. The van der Waals surface area contributed by atoms with Crippen LogP contribution in [0.2, 0.25) is 0 Å². The molecule has 35 heavy (non-hydrogen) atoms. The van der Waals surface area contributed by atoms with E-state index in [2.05, 4.69) is 29.6 Å². The highest BCUT2D eigenvalue weighted by molar-refractivity contribution is 5.88. The van der Waals surface area contributed by atoms with Gasteiger partial charge in [0.05, 0.1) is 12.0 Å². The molecule has 0 saturated carbocycles. The van der Waals surface area contributed by atoms with Crippen molar-refractivity contribution in [3.05, 3.63) is 59.7 Å². The van der Waals surface area contributed by atoms with Crippen LogP contribution in [0.4, 0.5) is 4.79 Å². The van der Waals surface area contributed by atoms with E-state index >= 15 is 0 Å². The number of rotatable bonds is 8. The number of nitrogens with one attached hydrogen (secondary N) is 1. The summed E-state index contributed by atoms with van der Waals surface area (Å²) in [5.41, 5.74) is 3.95. The molecule has 3 aliphatic rings. The molecule has 184 valence electrons. The topological polar surface area (TPSA) is 95.9 Å². The number of benzene rings is 2. The summed E-state index contributed by atoms with van der Waals surface area (Å²) in [5, 5.41) is 12.3. The second kappa shape index (κ2) is 9.36. The molecule has 2 aromatic carbocycles. The lowest BCUT2D eigenvalue weighted by molar-refractivity contribution is -0.144. The number of fused-ring (bicyclic) bond motifs is 5. The predicted molar refractivity (Wildman–Crippen MR) is 131 cm³/mol. The number of hydrogen-bond donors (Lipinski definition) is 2. The van der Waals surface area contributed by atoms with E-state index in [-0.39, 0.29) is 30.9 Å². The van der Waals surface area contributed by atoms with Crippen LogP contribution in [0.25, 0.3) is 11.1 Å². The summed E-state index contributed by atoms with van der Waals surface area (Å²) in [7, 11) is 0. The molecule has 2 bridgehead atoms. The summed E-state index contributed by atoms with van der Waals surface area (Å²) in [5.74, 6) is -1.12. The van der Waals surface area contributed by atoms with Gasteiger partial charge < -0.3 is 20.1 Å². The molecule has 2 fully saturated rings. The zero-order valence-electron chi connectivity index (χ0n) is 20.0. The molecule has 0 spiro atoms. The molecular weight excluding hydrogens is 444 g/mol. The number of amides is 2.